The molecule has 0 atom stereocenters. The van der Waals surface area contributed by atoms with Gasteiger partial charge in [0.2, 0.25) is 0 Å². The Morgan fingerprint density at radius 3 is 2.57 bits per heavy atom. The highest BCUT2D eigenvalue weighted by Crippen LogP contribution is 2.22. The minimum atomic E-state index is -0.369. The summed E-state index contributed by atoms with van der Waals surface area (Å²) in [7, 11) is 0. The molecule has 1 N–H and O–H groups in total. The van der Waals surface area contributed by atoms with Gasteiger partial charge in [-0.3, -0.25) is 14.6 Å². The Bertz CT molecular complexity index is 1240. The molecule has 0 fully saturated rings. The van der Waals surface area contributed by atoms with Gasteiger partial charge < -0.3 is 5.32 Å². The summed E-state index contributed by atoms with van der Waals surface area (Å²) in [4.78, 5) is 30.2. The van der Waals surface area contributed by atoms with Gasteiger partial charge in [-0.2, -0.15) is 5.10 Å². The third kappa shape index (κ3) is 3.24. The van der Waals surface area contributed by atoms with Crippen molar-refractivity contribution in [2.45, 2.75) is 20.4 Å². The van der Waals surface area contributed by atoms with E-state index in [1.165, 1.54) is 4.68 Å². The molecular formula is C22H20N4O2. The first-order chi connectivity index (χ1) is 13.5. The van der Waals surface area contributed by atoms with Gasteiger partial charge in [0.1, 0.15) is 0 Å². The molecule has 0 radical (unpaired) electrons. The molecule has 0 saturated heterocycles. The fourth-order valence-electron chi connectivity index (χ4n) is 3.26. The Hall–Kier alpha value is -3.54. The van der Waals surface area contributed by atoms with Crippen molar-refractivity contribution in [1.82, 2.24) is 14.8 Å². The van der Waals surface area contributed by atoms with Crippen LogP contribution in [0.5, 0.6) is 0 Å². The monoisotopic (exact) mass is 372 g/mol. The molecule has 140 valence electrons. The number of carbonyl (C=O) groups is 1. The van der Waals surface area contributed by atoms with E-state index in [0.717, 1.165) is 5.39 Å². The number of hydrogen-bond donors (Lipinski definition) is 1. The van der Waals surface area contributed by atoms with Crippen LogP contribution in [-0.2, 0) is 6.54 Å². The summed E-state index contributed by atoms with van der Waals surface area (Å²) in [5.41, 5.74) is 1.35. The van der Waals surface area contributed by atoms with E-state index in [-0.39, 0.29) is 23.1 Å². The van der Waals surface area contributed by atoms with Crippen LogP contribution in [-0.4, -0.2) is 20.7 Å². The first-order valence-electron chi connectivity index (χ1n) is 9.19. The molecule has 4 aromatic rings. The Kier molecular flexibility index (Phi) is 4.61. The predicted molar refractivity (Wildman–Crippen MR) is 111 cm³/mol. The molecule has 0 aliphatic rings. The maximum Gasteiger partial charge on any atom is 0.276 e. The van der Waals surface area contributed by atoms with Crippen molar-refractivity contribution < 1.29 is 4.79 Å². The largest absolute Gasteiger partial charge is 0.319 e. The Balaban J connectivity index is 1.82. The highest BCUT2D eigenvalue weighted by atomic mass is 16.2. The summed E-state index contributed by atoms with van der Waals surface area (Å²) >= 11 is 0. The van der Waals surface area contributed by atoms with Gasteiger partial charge in [-0.1, -0.05) is 50.2 Å². The number of anilines is 1. The number of fused-ring (bicyclic) bond motifs is 2. The molecule has 0 saturated carbocycles. The summed E-state index contributed by atoms with van der Waals surface area (Å²) in [6.45, 7) is 4.45. The van der Waals surface area contributed by atoms with Gasteiger partial charge in [0, 0.05) is 23.5 Å². The van der Waals surface area contributed by atoms with Crippen molar-refractivity contribution in [3.8, 4) is 0 Å². The lowest BCUT2D eigenvalue weighted by atomic mass is 10.1. The van der Waals surface area contributed by atoms with E-state index in [1.54, 1.807) is 36.5 Å². The maximum atomic E-state index is 13.1. The third-order valence-electron chi connectivity index (χ3n) is 4.50. The maximum absolute atomic E-state index is 13.1. The lowest BCUT2D eigenvalue weighted by molar-refractivity contribution is 0.102. The van der Waals surface area contributed by atoms with Crippen LogP contribution in [0, 0.1) is 5.92 Å². The zero-order chi connectivity index (χ0) is 19.7. The van der Waals surface area contributed by atoms with Gasteiger partial charge in [0.25, 0.3) is 11.5 Å². The number of carbonyl (C=O) groups excluding carboxylic acids is 1. The fraction of sp³-hybridized carbons (Fsp3) is 0.182. The number of aromatic nitrogens is 3. The summed E-state index contributed by atoms with van der Waals surface area (Å²) in [5, 5.41) is 9.26. The van der Waals surface area contributed by atoms with Gasteiger partial charge >= 0.3 is 0 Å². The van der Waals surface area contributed by atoms with Crippen LogP contribution in [0.25, 0.3) is 21.7 Å². The summed E-state index contributed by atoms with van der Waals surface area (Å²) in [6, 6.07) is 16.5. The van der Waals surface area contributed by atoms with E-state index in [9.17, 15) is 9.59 Å². The minimum Gasteiger partial charge on any atom is -0.319 e. The highest BCUT2D eigenvalue weighted by molar-refractivity contribution is 6.13. The summed E-state index contributed by atoms with van der Waals surface area (Å²) in [6.07, 6.45) is 1.69. The first kappa shape index (κ1) is 17.9. The van der Waals surface area contributed by atoms with Crippen LogP contribution in [0.15, 0.2) is 65.6 Å². The lowest BCUT2D eigenvalue weighted by Gasteiger charge is -2.13. The van der Waals surface area contributed by atoms with E-state index >= 15 is 0 Å². The zero-order valence-electron chi connectivity index (χ0n) is 15.7. The Labute approximate surface area is 161 Å². The summed E-state index contributed by atoms with van der Waals surface area (Å²) in [5.74, 6) is -0.142. The minimum absolute atomic E-state index is 0.187. The van der Waals surface area contributed by atoms with E-state index in [0.29, 0.717) is 28.5 Å². The predicted octanol–water partition coefficient (Wildman–Crippen LogP) is 3.85. The fourth-order valence-corrected chi connectivity index (χ4v) is 3.26. The molecule has 2 aromatic heterocycles. The smallest absolute Gasteiger partial charge is 0.276 e. The van der Waals surface area contributed by atoms with E-state index in [2.05, 4.69) is 15.4 Å². The van der Waals surface area contributed by atoms with Gasteiger partial charge in [0.15, 0.2) is 5.69 Å². The van der Waals surface area contributed by atoms with Crippen molar-refractivity contribution in [1.29, 1.82) is 0 Å². The molecule has 2 aromatic carbocycles. The number of benzene rings is 2. The normalized spacial score (nSPS) is 11.2. The van der Waals surface area contributed by atoms with E-state index in [4.69, 9.17) is 0 Å². The van der Waals surface area contributed by atoms with Crippen molar-refractivity contribution >= 4 is 33.3 Å². The topological polar surface area (TPSA) is 76.9 Å². The molecular weight excluding hydrogens is 352 g/mol. The molecule has 0 bridgehead atoms. The molecule has 0 aliphatic heterocycles. The Morgan fingerprint density at radius 1 is 1.04 bits per heavy atom. The SMILES string of the molecule is CC(C)Cn1nc(C(=O)Nc2cccc3cccnc23)c2ccccc2c1=O. The molecule has 28 heavy (non-hydrogen) atoms. The zero-order valence-corrected chi connectivity index (χ0v) is 15.7. The average molecular weight is 372 g/mol. The summed E-state index contributed by atoms with van der Waals surface area (Å²) < 4.78 is 1.38. The molecule has 2 heterocycles. The van der Waals surface area contributed by atoms with Gasteiger partial charge in [-0.15, -0.1) is 0 Å². The van der Waals surface area contributed by atoms with Crippen molar-refractivity contribution in [2.24, 2.45) is 5.92 Å². The van der Waals surface area contributed by atoms with Crippen LogP contribution in [0.2, 0.25) is 0 Å². The van der Waals surface area contributed by atoms with Crippen LogP contribution in [0.4, 0.5) is 5.69 Å². The van der Waals surface area contributed by atoms with Crippen molar-refractivity contribution in [2.75, 3.05) is 5.32 Å². The number of nitrogens with zero attached hydrogens (tertiary/aromatic N) is 3. The van der Waals surface area contributed by atoms with Gasteiger partial charge in [-0.05, 0) is 24.1 Å². The number of para-hydroxylation sites is 1. The van der Waals surface area contributed by atoms with E-state index < -0.39 is 0 Å². The molecule has 4 rings (SSSR count). The third-order valence-corrected chi connectivity index (χ3v) is 4.50. The second kappa shape index (κ2) is 7.23. The number of pyridine rings is 1. The molecule has 0 aliphatic carbocycles. The average Bonchev–Trinajstić information content (AvgIpc) is 2.70. The van der Waals surface area contributed by atoms with Gasteiger partial charge in [0.05, 0.1) is 16.6 Å². The molecule has 6 heteroatoms. The van der Waals surface area contributed by atoms with Gasteiger partial charge in [-0.25, -0.2) is 4.68 Å². The number of nitrogens with one attached hydrogen (secondary N) is 1. The van der Waals surface area contributed by atoms with Crippen LogP contribution >= 0.6 is 0 Å². The lowest BCUT2D eigenvalue weighted by Crippen LogP contribution is -2.29. The van der Waals surface area contributed by atoms with Crippen LogP contribution < -0.4 is 10.9 Å². The highest BCUT2D eigenvalue weighted by Gasteiger charge is 2.18. The molecule has 1 amide bonds. The van der Waals surface area contributed by atoms with Crippen molar-refractivity contribution in [3.63, 3.8) is 0 Å². The quantitative estimate of drug-likeness (QED) is 0.590. The van der Waals surface area contributed by atoms with E-state index in [1.807, 2.05) is 38.1 Å². The first-order valence-corrected chi connectivity index (χ1v) is 9.19. The number of amides is 1. The van der Waals surface area contributed by atoms with Crippen LogP contribution in [0.1, 0.15) is 24.3 Å². The molecule has 0 unspecified atom stereocenters. The molecule has 6 nitrogen and oxygen atoms in total. The second-order valence-corrected chi connectivity index (χ2v) is 7.11. The second-order valence-electron chi connectivity index (χ2n) is 7.11. The number of hydrogen-bond acceptors (Lipinski definition) is 4. The standard InChI is InChI=1S/C22H20N4O2/c1-14(2)13-26-22(28)17-10-4-3-9-16(17)20(25-26)21(27)24-18-11-5-7-15-8-6-12-23-19(15)18/h3-12,14H,13H2,1-2H3,(H,24,27). The van der Waals surface area contributed by atoms with Crippen molar-refractivity contribution in [3.05, 3.63) is 76.8 Å². The molecule has 0 spiro atoms. The Morgan fingerprint density at radius 2 is 1.79 bits per heavy atom. The number of rotatable bonds is 4. The van der Waals surface area contributed by atoms with Crippen LogP contribution in [0.3, 0.4) is 0 Å².